The van der Waals surface area contributed by atoms with Crippen LogP contribution < -0.4 is 4.90 Å². The molecular weight excluding hydrogens is 307 g/mol. The summed E-state index contributed by atoms with van der Waals surface area (Å²) < 4.78 is 88.6. The van der Waals surface area contributed by atoms with E-state index in [0.717, 1.165) is 12.1 Å². The van der Waals surface area contributed by atoms with Crippen molar-refractivity contribution in [3.63, 3.8) is 0 Å². The molecule has 0 atom stereocenters. The van der Waals surface area contributed by atoms with Gasteiger partial charge >= 0.3 is 23.9 Å². The topological polar surface area (TPSA) is 20.3 Å². The Kier molecular flexibility index (Phi) is 4.54. The fourth-order valence-electron chi connectivity index (χ4n) is 1.53. The Morgan fingerprint density at radius 1 is 1.00 bits per heavy atom. The van der Waals surface area contributed by atoms with Gasteiger partial charge in [0.1, 0.15) is 0 Å². The van der Waals surface area contributed by atoms with Crippen LogP contribution in [0.1, 0.15) is 6.92 Å². The van der Waals surface area contributed by atoms with Gasteiger partial charge in [-0.25, -0.2) is 0 Å². The highest BCUT2D eigenvalue weighted by atomic mass is 19.4. The molecule has 0 radical (unpaired) electrons. The van der Waals surface area contributed by atoms with Gasteiger partial charge in [0, 0.05) is 12.2 Å². The first-order valence-corrected chi connectivity index (χ1v) is 5.66. The molecule has 0 aromatic heterocycles. The quantitative estimate of drug-likeness (QED) is 0.772. The molecule has 0 fully saturated rings. The number of rotatable bonds is 4. The third-order valence-corrected chi connectivity index (χ3v) is 2.65. The van der Waals surface area contributed by atoms with Crippen molar-refractivity contribution < 1.29 is 35.5 Å². The summed E-state index contributed by atoms with van der Waals surface area (Å²) in [4.78, 5) is 11.7. The van der Waals surface area contributed by atoms with Crippen LogP contribution in [0.3, 0.4) is 0 Å². The average molecular weight is 317 g/mol. The van der Waals surface area contributed by atoms with Crippen molar-refractivity contribution in [3.8, 4) is 0 Å². The number of hydrogen-bond donors (Lipinski definition) is 0. The van der Waals surface area contributed by atoms with Gasteiger partial charge in [-0.1, -0.05) is 18.2 Å². The van der Waals surface area contributed by atoms with Crippen LogP contribution in [-0.4, -0.2) is 30.5 Å². The van der Waals surface area contributed by atoms with E-state index < -0.39 is 30.5 Å². The smallest absolute Gasteiger partial charge is 0.307 e. The first-order valence-electron chi connectivity index (χ1n) is 5.66. The Morgan fingerprint density at radius 3 is 1.86 bits per heavy atom. The molecule has 2 nitrogen and oxygen atoms in total. The van der Waals surface area contributed by atoms with Crippen molar-refractivity contribution in [2.24, 2.45) is 0 Å². The maximum Gasteiger partial charge on any atom is 0.460 e. The van der Waals surface area contributed by atoms with Crippen LogP contribution in [0.15, 0.2) is 30.3 Å². The van der Waals surface area contributed by atoms with Crippen LogP contribution in [0.2, 0.25) is 0 Å². The zero-order valence-corrected chi connectivity index (χ0v) is 10.6. The number of anilines is 1. The average Bonchev–Trinajstić information content (AvgIpc) is 2.39. The zero-order valence-electron chi connectivity index (χ0n) is 10.6. The zero-order chi connectivity index (χ0) is 16.5. The van der Waals surface area contributed by atoms with Crippen LogP contribution >= 0.6 is 0 Å². The number of carbonyl (C=O) groups is 1. The summed E-state index contributed by atoms with van der Waals surface area (Å²) in [5.74, 6) is -15.0. The van der Waals surface area contributed by atoms with E-state index in [1.54, 1.807) is 0 Å². The second-order valence-corrected chi connectivity index (χ2v) is 4.03. The third-order valence-electron chi connectivity index (χ3n) is 2.65. The standard InChI is InChI=1S/C12H10F7NO/c1-2-20(8-6-4-3-5-7-8)9(21)10(13,14)11(15,16)12(17,18)19/h3-7H,2H2,1H3. The molecule has 0 aliphatic heterocycles. The summed E-state index contributed by atoms with van der Waals surface area (Å²) >= 11 is 0. The van der Waals surface area contributed by atoms with Crippen molar-refractivity contribution >= 4 is 11.6 Å². The minimum Gasteiger partial charge on any atom is -0.307 e. The molecule has 1 amide bonds. The highest BCUT2D eigenvalue weighted by molar-refractivity contribution is 5.99. The number of carbonyl (C=O) groups excluding carboxylic acids is 1. The van der Waals surface area contributed by atoms with E-state index in [9.17, 15) is 35.5 Å². The lowest BCUT2D eigenvalue weighted by Crippen LogP contribution is -2.60. The van der Waals surface area contributed by atoms with Crippen molar-refractivity contribution in [3.05, 3.63) is 30.3 Å². The largest absolute Gasteiger partial charge is 0.460 e. The maximum atomic E-state index is 13.4. The van der Waals surface area contributed by atoms with Crippen molar-refractivity contribution in [2.75, 3.05) is 11.4 Å². The van der Waals surface area contributed by atoms with Gasteiger partial charge in [-0.05, 0) is 19.1 Å². The molecule has 0 aliphatic carbocycles. The first kappa shape index (κ1) is 17.3. The molecule has 0 spiro atoms. The van der Waals surface area contributed by atoms with Crippen molar-refractivity contribution in [2.45, 2.75) is 24.9 Å². The molecule has 1 aromatic carbocycles. The number of amides is 1. The molecule has 0 aliphatic rings. The lowest BCUT2D eigenvalue weighted by atomic mass is 10.1. The monoisotopic (exact) mass is 317 g/mol. The molecule has 21 heavy (non-hydrogen) atoms. The molecular formula is C12H10F7NO. The minimum absolute atomic E-state index is 0.166. The second kappa shape index (κ2) is 5.53. The molecule has 0 heterocycles. The van der Waals surface area contributed by atoms with E-state index in [0.29, 0.717) is 0 Å². The number of halogens is 7. The third kappa shape index (κ3) is 2.96. The molecule has 0 bridgehead atoms. The Balaban J connectivity index is 3.21. The predicted molar refractivity (Wildman–Crippen MR) is 60.4 cm³/mol. The van der Waals surface area contributed by atoms with Gasteiger partial charge in [0.25, 0.3) is 0 Å². The summed E-state index contributed by atoms with van der Waals surface area (Å²) in [6.45, 7) is 0.680. The van der Waals surface area contributed by atoms with Gasteiger partial charge in [0.2, 0.25) is 0 Å². The van der Waals surface area contributed by atoms with E-state index in [-0.39, 0.29) is 10.6 Å². The SMILES string of the molecule is CCN(C(=O)C(F)(F)C(F)(F)C(F)(F)F)c1ccccc1. The van der Waals surface area contributed by atoms with E-state index in [1.165, 1.54) is 25.1 Å². The van der Waals surface area contributed by atoms with E-state index in [2.05, 4.69) is 0 Å². The van der Waals surface area contributed by atoms with Gasteiger partial charge in [-0.15, -0.1) is 0 Å². The van der Waals surface area contributed by atoms with Gasteiger partial charge in [0.15, 0.2) is 0 Å². The highest BCUT2D eigenvalue weighted by Crippen LogP contribution is 2.47. The molecule has 0 saturated heterocycles. The number of benzene rings is 1. The number of hydrogen-bond acceptors (Lipinski definition) is 1. The molecule has 0 saturated carbocycles. The fraction of sp³-hybridized carbons (Fsp3) is 0.417. The van der Waals surface area contributed by atoms with Gasteiger partial charge in [0.05, 0.1) is 0 Å². The van der Waals surface area contributed by atoms with Crippen LogP contribution in [0, 0.1) is 0 Å². The lowest BCUT2D eigenvalue weighted by molar-refractivity contribution is -0.343. The van der Waals surface area contributed by atoms with Crippen LogP contribution in [-0.2, 0) is 4.79 Å². The van der Waals surface area contributed by atoms with E-state index in [1.807, 2.05) is 0 Å². The highest BCUT2D eigenvalue weighted by Gasteiger charge is 2.76. The molecule has 0 unspecified atom stereocenters. The normalized spacial score (nSPS) is 13.1. The lowest BCUT2D eigenvalue weighted by Gasteiger charge is -2.31. The summed E-state index contributed by atoms with van der Waals surface area (Å²) in [5, 5.41) is 0. The van der Waals surface area contributed by atoms with Gasteiger partial charge in [-0.3, -0.25) is 4.79 Å². The van der Waals surface area contributed by atoms with Crippen LogP contribution in [0.25, 0.3) is 0 Å². The molecule has 118 valence electrons. The minimum atomic E-state index is -6.54. The Bertz CT molecular complexity index is 498. The molecule has 0 N–H and O–H groups in total. The van der Waals surface area contributed by atoms with Gasteiger partial charge in [-0.2, -0.15) is 30.7 Å². The second-order valence-electron chi connectivity index (χ2n) is 4.03. The van der Waals surface area contributed by atoms with E-state index >= 15 is 0 Å². The Hall–Kier alpha value is -1.80. The van der Waals surface area contributed by atoms with Crippen LogP contribution in [0.4, 0.5) is 36.4 Å². The van der Waals surface area contributed by atoms with E-state index in [4.69, 9.17) is 0 Å². The number of alkyl halides is 7. The van der Waals surface area contributed by atoms with Gasteiger partial charge < -0.3 is 4.90 Å². The number of para-hydroxylation sites is 1. The summed E-state index contributed by atoms with van der Waals surface area (Å²) in [7, 11) is 0. The molecule has 9 heteroatoms. The summed E-state index contributed by atoms with van der Waals surface area (Å²) in [6, 6.07) is 6.40. The van der Waals surface area contributed by atoms with Crippen molar-refractivity contribution in [1.29, 1.82) is 0 Å². The Morgan fingerprint density at radius 2 is 1.48 bits per heavy atom. The molecule has 1 aromatic rings. The molecule has 1 rings (SSSR count). The first-order chi connectivity index (χ1) is 9.46. The fourth-order valence-corrected chi connectivity index (χ4v) is 1.53. The Labute approximate surface area is 115 Å². The predicted octanol–water partition coefficient (Wildman–Crippen LogP) is 3.87. The van der Waals surface area contributed by atoms with Crippen LogP contribution in [0.5, 0.6) is 0 Å². The van der Waals surface area contributed by atoms with Crippen molar-refractivity contribution in [1.82, 2.24) is 0 Å². The number of nitrogens with zero attached hydrogens (tertiary/aromatic N) is 1. The summed E-state index contributed by atoms with van der Waals surface area (Å²) in [5.41, 5.74) is -0.206. The summed E-state index contributed by atoms with van der Waals surface area (Å²) in [6.07, 6.45) is -6.54. The maximum absolute atomic E-state index is 13.4.